The van der Waals surface area contributed by atoms with Gasteiger partial charge in [0.25, 0.3) is 0 Å². The van der Waals surface area contributed by atoms with E-state index in [2.05, 4.69) is 15.0 Å². The second kappa shape index (κ2) is 7.15. The summed E-state index contributed by atoms with van der Waals surface area (Å²) in [5.74, 6) is -0.157. The van der Waals surface area contributed by atoms with E-state index in [-0.39, 0.29) is 16.5 Å². The number of sulfonamides is 1. The van der Waals surface area contributed by atoms with E-state index in [0.717, 1.165) is 0 Å². The number of rotatable bonds is 6. The molecule has 0 aliphatic carbocycles. The predicted molar refractivity (Wildman–Crippen MR) is 76.6 cm³/mol. The first-order chi connectivity index (χ1) is 9.77. The minimum atomic E-state index is -3.98. The number of hydrogen-bond acceptors (Lipinski definition) is 5. The molecule has 1 unspecified atom stereocenters. The molecule has 1 atom stereocenters. The van der Waals surface area contributed by atoms with Crippen molar-refractivity contribution in [2.75, 3.05) is 6.54 Å². The summed E-state index contributed by atoms with van der Waals surface area (Å²) in [6, 6.07) is 3.46. The van der Waals surface area contributed by atoms with Crippen LogP contribution in [0.15, 0.2) is 23.2 Å². The summed E-state index contributed by atoms with van der Waals surface area (Å²) in [4.78, 5) is 15.2. The Balaban J connectivity index is 2.86. The van der Waals surface area contributed by atoms with Gasteiger partial charge in [0.2, 0.25) is 15.9 Å². The van der Waals surface area contributed by atoms with Gasteiger partial charge in [-0.25, -0.2) is 13.4 Å². The van der Waals surface area contributed by atoms with Crippen molar-refractivity contribution in [2.24, 2.45) is 5.92 Å². The number of nitrogens with zero attached hydrogens (tertiary/aromatic N) is 2. The van der Waals surface area contributed by atoms with Gasteiger partial charge in [-0.05, 0) is 25.0 Å². The van der Waals surface area contributed by atoms with E-state index in [1.165, 1.54) is 25.3 Å². The summed E-state index contributed by atoms with van der Waals surface area (Å²) >= 11 is 0. The minimum Gasteiger partial charge on any atom is -0.354 e. The number of aromatic nitrogens is 1. The highest BCUT2D eigenvalue weighted by atomic mass is 32.2. The maximum Gasteiger partial charge on any atom is 0.244 e. The van der Waals surface area contributed by atoms with Crippen LogP contribution in [0.4, 0.5) is 0 Å². The summed E-state index contributed by atoms with van der Waals surface area (Å²) in [6.45, 7) is 5.77. The molecule has 0 aromatic carbocycles. The molecule has 21 heavy (non-hydrogen) atoms. The Labute approximate surface area is 124 Å². The normalized spacial score (nSPS) is 12.7. The maximum absolute atomic E-state index is 12.2. The van der Waals surface area contributed by atoms with Crippen molar-refractivity contribution in [1.29, 1.82) is 5.26 Å². The van der Waals surface area contributed by atoms with Crippen molar-refractivity contribution in [2.45, 2.75) is 31.7 Å². The molecule has 1 amide bonds. The van der Waals surface area contributed by atoms with Crippen molar-refractivity contribution in [3.8, 4) is 6.07 Å². The van der Waals surface area contributed by atoms with Gasteiger partial charge in [-0.2, -0.15) is 9.98 Å². The number of carbonyl (C=O) groups excluding carboxylic acids is 1. The summed E-state index contributed by atoms with van der Waals surface area (Å²) in [7, 11) is -3.98. The highest BCUT2D eigenvalue weighted by molar-refractivity contribution is 7.89. The monoisotopic (exact) mass is 310 g/mol. The summed E-state index contributed by atoms with van der Waals surface area (Å²) in [5.41, 5.74) is -0.209. The molecule has 2 N–H and O–H groups in total. The smallest absolute Gasteiger partial charge is 0.244 e. The molecule has 1 aromatic rings. The fourth-order valence-corrected chi connectivity index (χ4v) is 2.81. The highest BCUT2D eigenvalue weighted by Gasteiger charge is 2.24. The van der Waals surface area contributed by atoms with Crippen LogP contribution in [0.2, 0.25) is 0 Å². The molecule has 7 nitrogen and oxygen atoms in total. The molecule has 0 fully saturated rings. The molecule has 0 bridgehead atoms. The average Bonchev–Trinajstić information content (AvgIpc) is 2.44. The Bertz CT molecular complexity index is 650. The van der Waals surface area contributed by atoms with Gasteiger partial charge in [-0.1, -0.05) is 13.8 Å². The zero-order valence-corrected chi connectivity index (χ0v) is 12.9. The molecular formula is C13H18N4O3S. The summed E-state index contributed by atoms with van der Waals surface area (Å²) in [5, 5.41) is 11.5. The van der Waals surface area contributed by atoms with Crippen molar-refractivity contribution in [1.82, 2.24) is 15.0 Å². The fourth-order valence-electron chi connectivity index (χ4n) is 1.50. The maximum atomic E-state index is 12.2. The van der Waals surface area contributed by atoms with Gasteiger partial charge in [-0.3, -0.25) is 4.79 Å². The van der Waals surface area contributed by atoms with Crippen LogP contribution in [0.3, 0.4) is 0 Å². The second-order valence-corrected chi connectivity index (χ2v) is 6.63. The molecule has 0 aliphatic heterocycles. The van der Waals surface area contributed by atoms with Crippen molar-refractivity contribution in [3.63, 3.8) is 0 Å². The van der Waals surface area contributed by atoms with Crippen molar-refractivity contribution in [3.05, 3.63) is 24.0 Å². The summed E-state index contributed by atoms with van der Waals surface area (Å²) in [6.07, 6.45) is 1.33. The fraction of sp³-hybridized carbons (Fsp3) is 0.462. The molecule has 0 saturated heterocycles. The van der Waals surface area contributed by atoms with Crippen molar-refractivity contribution < 1.29 is 13.2 Å². The number of amides is 1. The summed E-state index contributed by atoms with van der Waals surface area (Å²) < 4.78 is 26.6. The van der Waals surface area contributed by atoms with E-state index in [1.54, 1.807) is 6.07 Å². The van der Waals surface area contributed by atoms with Gasteiger partial charge in [0.15, 0.2) is 5.69 Å². The van der Waals surface area contributed by atoms with Crippen LogP contribution in [0, 0.1) is 17.2 Å². The van der Waals surface area contributed by atoms with Crippen LogP contribution in [-0.2, 0) is 14.8 Å². The Morgan fingerprint density at radius 1 is 1.43 bits per heavy atom. The molecule has 1 heterocycles. The minimum absolute atomic E-state index is 0.209. The number of nitriles is 1. The first-order valence-electron chi connectivity index (χ1n) is 6.43. The Morgan fingerprint density at radius 2 is 2.10 bits per heavy atom. The molecule has 0 spiro atoms. The van der Waals surface area contributed by atoms with Gasteiger partial charge >= 0.3 is 0 Å². The van der Waals surface area contributed by atoms with Crippen molar-refractivity contribution >= 4 is 15.9 Å². The SMILES string of the molecule is CC(C)CNC(=O)C(C)NS(=O)(=O)c1cccnc1C#N. The first-order valence-corrected chi connectivity index (χ1v) is 7.91. The molecule has 0 aliphatic rings. The van der Waals surface area contributed by atoms with Crippen LogP contribution >= 0.6 is 0 Å². The third-order valence-electron chi connectivity index (χ3n) is 2.58. The lowest BCUT2D eigenvalue weighted by atomic mass is 10.2. The van der Waals surface area contributed by atoms with Gasteiger partial charge in [0.1, 0.15) is 11.0 Å². The Kier molecular flexibility index (Phi) is 5.81. The third kappa shape index (κ3) is 4.81. The van der Waals surface area contributed by atoms with E-state index in [0.29, 0.717) is 6.54 Å². The standard InChI is InChI=1S/C13H18N4O3S/c1-9(2)8-16-13(18)10(3)17-21(19,20)12-5-4-6-15-11(12)7-14/h4-6,9-10,17H,8H2,1-3H3,(H,16,18). The van der Waals surface area contributed by atoms with Gasteiger partial charge in [-0.15, -0.1) is 0 Å². The molecule has 114 valence electrons. The molecular weight excluding hydrogens is 292 g/mol. The van der Waals surface area contributed by atoms with Gasteiger partial charge < -0.3 is 5.32 Å². The molecule has 0 radical (unpaired) electrons. The van der Waals surface area contributed by atoms with Crippen LogP contribution in [-0.4, -0.2) is 31.9 Å². The van der Waals surface area contributed by atoms with Crippen LogP contribution < -0.4 is 10.0 Å². The van der Waals surface area contributed by atoms with E-state index in [4.69, 9.17) is 5.26 Å². The Morgan fingerprint density at radius 3 is 2.67 bits per heavy atom. The van der Waals surface area contributed by atoms with E-state index in [1.807, 2.05) is 13.8 Å². The first kappa shape index (κ1) is 17.1. The van der Waals surface area contributed by atoms with Gasteiger partial charge in [0, 0.05) is 12.7 Å². The predicted octanol–water partition coefficient (Wildman–Crippen LogP) is 0.392. The van der Waals surface area contributed by atoms with E-state index >= 15 is 0 Å². The highest BCUT2D eigenvalue weighted by Crippen LogP contribution is 2.12. The molecule has 1 aromatic heterocycles. The Hall–Kier alpha value is -1.98. The lowest BCUT2D eigenvalue weighted by Crippen LogP contribution is -2.45. The lowest BCUT2D eigenvalue weighted by Gasteiger charge is -2.15. The molecule has 8 heteroatoms. The zero-order valence-electron chi connectivity index (χ0n) is 12.1. The van der Waals surface area contributed by atoms with Crippen LogP contribution in [0.1, 0.15) is 26.5 Å². The second-order valence-electron chi connectivity index (χ2n) is 4.94. The average molecular weight is 310 g/mol. The molecule has 0 saturated carbocycles. The van der Waals surface area contributed by atoms with Gasteiger partial charge in [0.05, 0.1) is 6.04 Å². The number of nitrogens with one attached hydrogen (secondary N) is 2. The van der Waals surface area contributed by atoms with Crippen LogP contribution in [0.25, 0.3) is 0 Å². The molecule has 1 rings (SSSR count). The zero-order chi connectivity index (χ0) is 16.0. The number of carbonyl (C=O) groups is 1. The topological polar surface area (TPSA) is 112 Å². The largest absolute Gasteiger partial charge is 0.354 e. The third-order valence-corrected chi connectivity index (χ3v) is 4.15. The number of hydrogen-bond donors (Lipinski definition) is 2. The number of pyridine rings is 1. The van der Waals surface area contributed by atoms with Crippen LogP contribution in [0.5, 0.6) is 0 Å². The van der Waals surface area contributed by atoms with E-state index < -0.39 is 22.0 Å². The quantitative estimate of drug-likeness (QED) is 0.789. The lowest BCUT2D eigenvalue weighted by molar-refractivity contribution is -0.122. The van der Waals surface area contributed by atoms with E-state index in [9.17, 15) is 13.2 Å².